The van der Waals surface area contributed by atoms with Crippen LogP contribution in [0.5, 0.6) is 23.0 Å². The Balaban J connectivity index is 1.31. The standard InChI is InChI=1S/C36H43N5O5/c1-26-10-8-11-27(2)34(26)46-36(42)41(25-28-24-31(43-3)16-17-32(28)44-4)33-18-19-37-35(39-33)38-29-12-14-30(15-13-29)45-23-9-22-40-20-6-5-7-21-40/h8,10-19,24H,5-7,9,20-23,25H2,1-4H3,(H,37,38,39). The van der Waals surface area contributed by atoms with E-state index >= 15 is 0 Å². The Labute approximate surface area is 271 Å². The number of piperidine rings is 1. The van der Waals surface area contributed by atoms with Crippen molar-refractivity contribution in [1.82, 2.24) is 14.9 Å². The van der Waals surface area contributed by atoms with E-state index in [1.165, 1.54) is 37.3 Å². The fourth-order valence-electron chi connectivity index (χ4n) is 5.50. The molecule has 0 bridgehead atoms. The van der Waals surface area contributed by atoms with Crippen molar-refractivity contribution in [3.8, 4) is 23.0 Å². The van der Waals surface area contributed by atoms with E-state index in [2.05, 4.69) is 15.2 Å². The lowest BCUT2D eigenvalue weighted by Crippen LogP contribution is -2.34. The summed E-state index contributed by atoms with van der Waals surface area (Å²) >= 11 is 0. The van der Waals surface area contributed by atoms with E-state index in [9.17, 15) is 4.79 Å². The van der Waals surface area contributed by atoms with Crippen molar-refractivity contribution in [2.75, 3.05) is 50.7 Å². The van der Waals surface area contributed by atoms with Gasteiger partial charge in [-0.1, -0.05) is 24.6 Å². The number of nitrogens with one attached hydrogen (secondary N) is 1. The number of aromatic nitrogens is 2. The van der Waals surface area contributed by atoms with E-state index < -0.39 is 6.09 Å². The molecule has 1 aliphatic rings. The van der Waals surface area contributed by atoms with E-state index in [-0.39, 0.29) is 6.54 Å². The molecule has 10 nitrogen and oxygen atoms in total. The molecule has 10 heteroatoms. The van der Waals surface area contributed by atoms with Crippen molar-refractivity contribution in [3.05, 3.63) is 89.6 Å². The summed E-state index contributed by atoms with van der Waals surface area (Å²) in [5.41, 5.74) is 3.22. The molecule has 0 radical (unpaired) electrons. The van der Waals surface area contributed by atoms with Gasteiger partial charge in [-0.25, -0.2) is 9.78 Å². The molecule has 1 aromatic heterocycles. The summed E-state index contributed by atoms with van der Waals surface area (Å²) in [6.45, 7) is 8.08. The Bertz CT molecular complexity index is 1570. The molecule has 5 rings (SSSR count). The zero-order valence-corrected chi connectivity index (χ0v) is 27.1. The van der Waals surface area contributed by atoms with Crippen LogP contribution in [0, 0.1) is 13.8 Å². The number of nitrogens with zero attached hydrogens (tertiary/aromatic N) is 4. The van der Waals surface area contributed by atoms with E-state index in [4.69, 9.17) is 23.9 Å². The summed E-state index contributed by atoms with van der Waals surface area (Å²) in [5.74, 6) is 3.25. The fraction of sp³-hybridized carbons (Fsp3) is 0.361. The van der Waals surface area contributed by atoms with Crippen molar-refractivity contribution in [2.24, 2.45) is 0 Å². The van der Waals surface area contributed by atoms with Gasteiger partial charge in [0.2, 0.25) is 5.95 Å². The first-order chi connectivity index (χ1) is 22.4. The summed E-state index contributed by atoms with van der Waals surface area (Å²) in [4.78, 5) is 26.9. The van der Waals surface area contributed by atoms with Crippen LogP contribution in [0.3, 0.4) is 0 Å². The lowest BCUT2D eigenvalue weighted by Gasteiger charge is -2.26. The smallest absolute Gasteiger partial charge is 0.421 e. The Morgan fingerprint density at radius 1 is 0.913 bits per heavy atom. The van der Waals surface area contributed by atoms with Crippen LogP contribution in [0.15, 0.2) is 72.9 Å². The summed E-state index contributed by atoms with van der Waals surface area (Å²) in [5, 5.41) is 3.24. The Morgan fingerprint density at radius 3 is 2.37 bits per heavy atom. The topological polar surface area (TPSA) is 98.3 Å². The highest BCUT2D eigenvalue weighted by Gasteiger charge is 2.24. The molecule has 4 aromatic rings. The molecule has 0 spiro atoms. The number of carbonyl (C=O) groups excluding carboxylic acids is 1. The molecule has 1 N–H and O–H groups in total. The van der Waals surface area contributed by atoms with Crippen LogP contribution in [-0.2, 0) is 6.54 Å². The first-order valence-corrected chi connectivity index (χ1v) is 15.8. The monoisotopic (exact) mass is 625 g/mol. The summed E-state index contributed by atoms with van der Waals surface area (Å²) < 4.78 is 23.0. The number of carbonyl (C=O) groups is 1. The molecule has 242 valence electrons. The minimum atomic E-state index is -0.589. The molecule has 3 aromatic carbocycles. The van der Waals surface area contributed by atoms with Crippen molar-refractivity contribution in [1.29, 1.82) is 0 Å². The van der Waals surface area contributed by atoms with Crippen molar-refractivity contribution in [2.45, 2.75) is 46.1 Å². The lowest BCUT2D eigenvalue weighted by molar-refractivity contribution is 0.205. The SMILES string of the molecule is COc1ccc(OC)c(CN(C(=O)Oc2c(C)cccc2C)c2ccnc(Nc3ccc(OCCCN4CCCCC4)cc3)n2)c1. The van der Waals surface area contributed by atoms with Crippen LogP contribution >= 0.6 is 0 Å². The number of anilines is 3. The number of hydrogen-bond donors (Lipinski definition) is 1. The molecule has 46 heavy (non-hydrogen) atoms. The average Bonchev–Trinajstić information content (AvgIpc) is 3.08. The Kier molecular flexibility index (Phi) is 11.3. The molecular formula is C36H43N5O5. The van der Waals surface area contributed by atoms with E-state index in [0.29, 0.717) is 35.6 Å². The number of likely N-dealkylation sites (tertiary alicyclic amines) is 1. The predicted octanol–water partition coefficient (Wildman–Crippen LogP) is 7.31. The molecule has 2 heterocycles. The lowest BCUT2D eigenvalue weighted by atomic mass is 10.1. The molecule has 0 aliphatic carbocycles. The van der Waals surface area contributed by atoms with Gasteiger partial charge in [0.15, 0.2) is 0 Å². The zero-order valence-electron chi connectivity index (χ0n) is 27.1. The molecule has 1 fully saturated rings. The minimum Gasteiger partial charge on any atom is -0.497 e. The first-order valence-electron chi connectivity index (χ1n) is 15.8. The van der Waals surface area contributed by atoms with Gasteiger partial charge < -0.3 is 29.2 Å². The molecule has 1 amide bonds. The second-order valence-electron chi connectivity index (χ2n) is 11.3. The van der Waals surface area contributed by atoms with Crippen molar-refractivity contribution < 1.29 is 23.7 Å². The summed E-state index contributed by atoms with van der Waals surface area (Å²) in [6.07, 6.45) is 5.97. The number of amides is 1. The maximum absolute atomic E-state index is 13.8. The van der Waals surface area contributed by atoms with Gasteiger partial charge in [0, 0.05) is 24.0 Å². The largest absolute Gasteiger partial charge is 0.497 e. The molecule has 0 atom stereocenters. The van der Waals surface area contributed by atoms with Gasteiger partial charge in [-0.05, 0) is 106 Å². The van der Waals surface area contributed by atoms with Crippen LogP contribution < -0.4 is 29.2 Å². The summed E-state index contributed by atoms with van der Waals surface area (Å²) in [6, 6.07) is 20.5. The van der Waals surface area contributed by atoms with E-state index in [1.807, 2.05) is 62.4 Å². The Morgan fingerprint density at radius 2 is 1.65 bits per heavy atom. The predicted molar refractivity (Wildman–Crippen MR) is 180 cm³/mol. The number of aryl methyl sites for hydroxylation is 2. The third kappa shape index (κ3) is 8.66. The third-order valence-electron chi connectivity index (χ3n) is 8.00. The molecule has 1 aliphatic heterocycles. The van der Waals surface area contributed by atoms with Gasteiger partial charge in [-0.3, -0.25) is 4.90 Å². The van der Waals surface area contributed by atoms with Gasteiger partial charge in [0.05, 0.1) is 27.4 Å². The third-order valence-corrected chi connectivity index (χ3v) is 8.00. The quantitative estimate of drug-likeness (QED) is 0.153. The zero-order chi connectivity index (χ0) is 32.3. The number of para-hydroxylation sites is 1. The fourth-order valence-corrected chi connectivity index (χ4v) is 5.50. The highest BCUT2D eigenvalue weighted by molar-refractivity contribution is 5.88. The van der Waals surface area contributed by atoms with Crippen LogP contribution in [0.2, 0.25) is 0 Å². The molecular weight excluding hydrogens is 582 g/mol. The molecule has 1 saturated heterocycles. The average molecular weight is 626 g/mol. The Hall–Kier alpha value is -4.83. The number of methoxy groups -OCH3 is 2. The summed E-state index contributed by atoms with van der Waals surface area (Å²) in [7, 11) is 3.18. The maximum atomic E-state index is 13.8. The van der Waals surface area contributed by atoms with Crippen molar-refractivity contribution >= 4 is 23.5 Å². The van der Waals surface area contributed by atoms with Crippen LogP contribution in [0.4, 0.5) is 22.2 Å². The van der Waals surface area contributed by atoms with Crippen LogP contribution in [0.1, 0.15) is 42.4 Å². The second-order valence-corrected chi connectivity index (χ2v) is 11.3. The number of ether oxygens (including phenoxy) is 4. The normalized spacial score (nSPS) is 13.1. The number of benzene rings is 3. The van der Waals surface area contributed by atoms with Crippen LogP contribution in [0.25, 0.3) is 0 Å². The van der Waals surface area contributed by atoms with Gasteiger partial charge in [0.1, 0.15) is 28.8 Å². The van der Waals surface area contributed by atoms with Gasteiger partial charge in [-0.15, -0.1) is 0 Å². The number of rotatable bonds is 13. The molecule has 0 unspecified atom stereocenters. The highest BCUT2D eigenvalue weighted by Crippen LogP contribution is 2.30. The minimum absolute atomic E-state index is 0.115. The maximum Gasteiger partial charge on any atom is 0.421 e. The van der Waals surface area contributed by atoms with Gasteiger partial charge in [-0.2, -0.15) is 4.98 Å². The van der Waals surface area contributed by atoms with Gasteiger partial charge >= 0.3 is 6.09 Å². The van der Waals surface area contributed by atoms with E-state index in [1.54, 1.807) is 38.6 Å². The number of hydrogen-bond acceptors (Lipinski definition) is 9. The highest BCUT2D eigenvalue weighted by atomic mass is 16.6. The first kappa shape index (κ1) is 32.6. The molecule has 0 saturated carbocycles. The van der Waals surface area contributed by atoms with Crippen molar-refractivity contribution in [3.63, 3.8) is 0 Å². The van der Waals surface area contributed by atoms with Crippen LogP contribution in [-0.4, -0.2) is 61.4 Å². The van der Waals surface area contributed by atoms with E-state index in [0.717, 1.165) is 41.1 Å². The second kappa shape index (κ2) is 15.9. The van der Waals surface area contributed by atoms with Gasteiger partial charge in [0.25, 0.3) is 0 Å².